The van der Waals surface area contributed by atoms with Crippen LogP contribution < -0.4 is 5.32 Å². The van der Waals surface area contributed by atoms with Gasteiger partial charge in [-0.3, -0.25) is 14.5 Å². The zero-order valence-electron chi connectivity index (χ0n) is 17.0. The summed E-state index contributed by atoms with van der Waals surface area (Å²) in [6.45, 7) is -0.700. The molecular formula is C23H22F2N4O2. The third-order valence-corrected chi connectivity index (χ3v) is 5.00. The number of halogens is 2. The smallest absolute Gasteiger partial charge is 0.296 e. The van der Waals surface area contributed by atoms with Gasteiger partial charge in [0.05, 0.1) is 12.2 Å². The average molecular weight is 424 g/mol. The number of rotatable bonds is 8. The van der Waals surface area contributed by atoms with Crippen molar-refractivity contribution in [3.05, 3.63) is 72.3 Å². The van der Waals surface area contributed by atoms with Crippen molar-refractivity contribution in [2.45, 2.75) is 24.8 Å². The number of pyridine rings is 1. The van der Waals surface area contributed by atoms with Crippen molar-refractivity contribution in [1.29, 1.82) is 0 Å². The Bertz CT molecular complexity index is 1090. The number of ether oxygens (including phenoxy) is 1. The minimum absolute atomic E-state index is 0.172. The number of hydrogen-bond acceptors (Lipinski definition) is 4. The van der Waals surface area contributed by atoms with Crippen LogP contribution >= 0.6 is 0 Å². The highest BCUT2D eigenvalue weighted by Crippen LogP contribution is 2.35. The summed E-state index contributed by atoms with van der Waals surface area (Å²) in [6.07, 6.45) is 12.6. The first kappa shape index (κ1) is 20.9. The first-order valence-electron chi connectivity index (χ1n) is 9.91. The summed E-state index contributed by atoms with van der Waals surface area (Å²) in [5.41, 5.74) is 2.92. The molecule has 1 aliphatic rings. The first-order chi connectivity index (χ1) is 15.0. The van der Waals surface area contributed by atoms with Gasteiger partial charge in [-0.25, -0.2) is 0 Å². The Morgan fingerprint density at radius 2 is 2.03 bits per heavy atom. The molecule has 0 radical (unpaired) electrons. The largest absolute Gasteiger partial charge is 0.378 e. The number of nitrogens with one attached hydrogen (secondary N) is 1. The number of carbonyl (C=O) groups is 1. The van der Waals surface area contributed by atoms with Crippen molar-refractivity contribution in [3.8, 4) is 11.1 Å². The molecule has 0 spiro atoms. The molecule has 1 aromatic carbocycles. The maximum Gasteiger partial charge on any atom is 0.296 e. The molecule has 0 unspecified atom stereocenters. The van der Waals surface area contributed by atoms with Gasteiger partial charge < -0.3 is 10.1 Å². The third-order valence-electron chi connectivity index (χ3n) is 5.00. The van der Waals surface area contributed by atoms with Crippen molar-refractivity contribution in [1.82, 2.24) is 14.8 Å². The molecule has 0 aliphatic heterocycles. The van der Waals surface area contributed by atoms with Gasteiger partial charge in [0, 0.05) is 54.2 Å². The Kier molecular flexibility index (Phi) is 5.90. The molecule has 2 aromatic heterocycles. The topological polar surface area (TPSA) is 69.0 Å². The Morgan fingerprint density at radius 1 is 1.26 bits per heavy atom. The molecule has 1 fully saturated rings. The molecule has 31 heavy (non-hydrogen) atoms. The monoisotopic (exact) mass is 424 g/mol. The van der Waals surface area contributed by atoms with Gasteiger partial charge in [-0.2, -0.15) is 13.9 Å². The number of nitrogens with zero attached hydrogens (tertiary/aromatic N) is 3. The van der Waals surface area contributed by atoms with Crippen molar-refractivity contribution in [2.75, 3.05) is 19.0 Å². The summed E-state index contributed by atoms with van der Waals surface area (Å²) in [5.74, 6) is -3.46. The fourth-order valence-electron chi connectivity index (χ4n) is 3.23. The minimum atomic E-state index is -3.08. The van der Waals surface area contributed by atoms with Crippen LogP contribution in [0.1, 0.15) is 30.0 Å². The van der Waals surface area contributed by atoms with Crippen LogP contribution in [0.2, 0.25) is 0 Å². The molecular weight excluding hydrogens is 402 g/mol. The van der Waals surface area contributed by atoms with Gasteiger partial charge in [-0.15, -0.1) is 0 Å². The molecule has 2 heterocycles. The standard InChI is InChI=1S/C23H22F2N4O2/c1-31-15-23(24,25)18-3-5-19(6-4-18)28-22(30)9-2-16-12-26-11-10-21(16)17-13-27-29(14-17)20-7-8-20/h2-6,9-14,20H,7-8,15H2,1H3,(H,28,30). The number of carbonyl (C=O) groups excluding carboxylic acids is 1. The molecule has 4 rings (SSSR count). The minimum Gasteiger partial charge on any atom is -0.378 e. The van der Waals surface area contributed by atoms with E-state index in [2.05, 4.69) is 20.1 Å². The zero-order valence-corrected chi connectivity index (χ0v) is 17.0. The molecule has 1 aliphatic carbocycles. The molecule has 0 saturated heterocycles. The summed E-state index contributed by atoms with van der Waals surface area (Å²) in [4.78, 5) is 16.5. The highest BCUT2D eigenvalue weighted by atomic mass is 19.3. The summed E-state index contributed by atoms with van der Waals surface area (Å²) < 4.78 is 34.2. The van der Waals surface area contributed by atoms with Crippen molar-refractivity contribution >= 4 is 17.7 Å². The van der Waals surface area contributed by atoms with E-state index < -0.39 is 12.5 Å². The molecule has 0 bridgehead atoms. The Morgan fingerprint density at radius 3 is 2.74 bits per heavy atom. The van der Waals surface area contributed by atoms with Gasteiger partial charge in [-0.05, 0) is 42.7 Å². The predicted octanol–water partition coefficient (Wildman–Crippen LogP) is 4.67. The van der Waals surface area contributed by atoms with Gasteiger partial charge >= 0.3 is 0 Å². The maximum absolute atomic E-state index is 13.9. The molecule has 3 aromatic rings. The average Bonchev–Trinajstić information content (AvgIpc) is 3.50. The first-order valence-corrected chi connectivity index (χ1v) is 9.91. The van der Waals surface area contributed by atoms with Crippen LogP contribution in [-0.2, 0) is 15.5 Å². The van der Waals surface area contributed by atoms with E-state index in [1.807, 2.05) is 23.1 Å². The second-order valence-electron chi connectivity index (χ2n) is 7.44. The second kappa shape index (κ2) is 8.77. The van der Waals surface area contributed by atoms with Crippen LogP contribution in [0, 0.1) is 0 Å². The molecule has 6 nitrogen and oxygen atoms in total. The normalized spacial score (nSPS) is 14.2. The lowest BCUT2D eigenvalue weighted by atomic mass is 10.0. The number of hydrogen-bond donors (Lipinski definition) is 1. The molecule has 160 valence electrons. The van der Waals surface area contributed by atoms with E-state index in [1.165, 1.54) is 37.5 Å². The van der Waals surface area contributed by atoms with Gasteiger partial charge in [0.1, 0.15) is 6.61 Å². The van der Waals surface area contributed by atoms with E-state index in [4.69, 9.17) is 0 Å². The van der Waals surface area contributed by atoms with Gasteiger partial charge in [0.25, 0.3) is 5.92 Å². The number of aromatic nitrogens is 3. The second-order valence-corrected chi connectivity index (χ2v) is 7.44. The lowest BCUT2D eigenvalue weighted by Gasteiger charge is -2.15. The number of methoxy groups -OCH3 is 1. The number of amides is 1. The van der Waals surface area contributed by atoms with E-state index in [9.17, 15) is 13.6 Å². The third kappa shape index (κ3) is 5.03. The molecule has 0 atom stereocenters. The molecule has 1 amide bonds. The predicted molar refractivity (Wildman–Crippen MR) is 114 cm³/mol. The van der Waals surface area contributed by atoms with Crippen molar-refractivity contribution in [2.24, 2.45) is 0 Å². The van der Waals surface area contributed by atoms with Gasteiger partial charge in [-0.1, -0.05) is 12.1 Å². The van der Waals surface area contributed by atoms with Crippen LogP contribution in [0.15, 0.2) is 61.2 Å². The van der Waals surface area contributed by atoms with E-state index >= 15 is 0 Å². The lowest BCUT2D eigenvalue weighted by molar-refractivity contribution is -0.111. The highest BCUT2D eigenvalue weighted by molar-refractivity contribution is 6.02. The summed E-state index contributed by atoms with van der Waals surface area (Å²) in [5, 5.41) is 7.08. The Balaban J connectivity index is 1.44. The highest BCUT2D eigenvalue weighted by Gasteiger charge is 2.31. The van der Waals surface area contributed by atoms with E-state index in [-0.39, 0.29) is 11.5 Å². The zero-order chi connectivity index (χ0) is 21.8. The summed E-state index contributed by atoms with van der Waals surface area (Å²) in [6, 6.07) is 7.79. The SMILES string of the molecule is COCC(F)(F)c1ccc(NC(=O)C=Cc2cnccc2-c2cnn(C3CC3)c2)cc1. The number of anilines is 1. The summed E-state index contributed by atoms with van der Waals surface area (Å²) >= 11 is 0. The quantitative estimate of drug-likeness (QED) is 0.534. The van der Waals surface area contributed by atoms with Crippen LogP contribution in [0.3, 0.4) is 0 Å². The van der Waals surface area contributed by atoms with Crippen molar-refractivity contribution < 1.29 is 18.3 Å². The molecule has 8 heteroatoms. The van der Waals surface area contributed by atoms with E-state index in [0.29, 0.717) is 11.7 Å². The molecule has 1 saturated carbocycles. The molecule has 1 N–H and O–H groups in total. The lowest BCUT2D eigenvalue weighted by Crippen LogP contribution is -2.20. The van der Waals surface area contributed by atoms with Gasteiger partial charge in [0.15, 0.2) is 0 Å². The van der Waals surface area contributed by atoms with Crippen LogP contribution in [0.5, 0.6) is 0 Å². The Labute approximate surface area is 178 Å². The van der Waals surface area contributed by atoms with Crippen LogP contribution in [0.4, 0.5) is 14.5 Å². The fourth-order valence-corrected chi connectivity index (χ4v) is 3.23. The van der Waals surface area contributed by atoms with E-state index in [1.54, 1.807) is 18.5 Å². The van der Waals surface area contributed by atoms with Crippen molar-refractivity contribution in [3.63, 3.8) is 0 Å². The maximum atomic E-state index is 13.9. The Hall–Kier alpha value is -3.39. The van der Waals surface area contributed by atoms with Gasteiger partial charge in [0.2, 0.25) is 5.91 Å². The fraction of sp³-hybridized carbons (Fsp3) is 0.261. The van der Waals surface area contributed by atoms with Crippen LogP contribution in [-0.4, -0.2) is 34.4 Å². The van der Waals surface area contributed by atoms with Crippen LogP contribution in [0.25, 0.3) is 17.2 Å². The number of alkyl halides is 2. The number of benzene rings is 1. The van der Waals surface area contributed by atoms with E-state index in [0.717, 1.165) is 29.5 Å². The summed E-state index contributed by atoms with van der Waals surface area (Å²) in [7, 11) is 1.22.